The van der Waals surface area contributed by atoms with E-state index < -0.39 is 0 Å². The normalized spacial score (nSPS) is 32.6. The van der Waals surface area contributed by atoms with Crippen LogP contribution in [0.3, 0.4) is 0 Å². The van der Waals surface area contributed by atoms with Gasteiger partial charge in [-0.1, -0.05) is 0 Å². The van der Waals surface area contributed by atoms with Gasteiger partial charge in [-0.3, -0.25) is 4.79 Å². The summed E-state index contributed by atoms with van der Waals surface area (Å²) in [7, 11) is 0. The third-order valence-corrected chi connectivity index (χ3v) is 3.12. The minimum Gasteiger partial charge on any atom is -0.465 e. The van der Waals surface area contributed by atoms with Gasteiger partial charge in [0.05, 0.1) is 12.5 Å². The van der Waals surface area contributed by atoms with Crippen molar-refractivity contribution in [2.75, 3.05) is 13.2 Å². The molecule has 0 aromatic heterocycles. The molecule has 1 saturated heterocycles. The third-order valence-electron chi connectivity index (χ3n) is 3.12. The van der Waals surface area contributed by atoms with Crippen LogP contribution in [0.25, 0.3) is 0 Å². The summed E-state index contributed by atoms with van der Waals surface area (Å²) in [6, 6.07) is 0.460. The van der Waals surface area contributed by atoms with Gasteiger partial charge in [-0.15, -0.1) is 0 Å². The van der Waals surface area contributed by atoms with Gasteiger partial charge in [0, 0.05) is 6.04 Å². The van der Waals surface area contributed by atoms with Crippen molar-refractivity contribution in [1.29, 1.82) is 0 Å². The summed E-state index contributed by atoms with van der Waals surface area (Å²) >= 11 is 0. The van der Waals surface area contributed by atoms with E-state index in [1.165, 1.54) is 12.8 Å². The highest BCUT2D eigenvalue weighted by Gasteiger charge is 2.28. The molecule has 14 heavy (non-hydrogen) atoms. The zero-order valence-electron chi connectivity index (χ0n) is 8.79. The van der Waals surface area contributed by atoms with Crippen molar-refractivity contribution in [2.45, 2.75) is 38.6 Å². The van der Waals surface area contributed by atoms with Crippen LogP contribution in [-0.2, 0) is 9.53 Å². The second kappa shape index (κ2) is 4.30. The maximum absolute atomic E-state index is 11.6. The monoisotopic (exact) mass is 197 g/mol. The Balaban J connectivity index is 1.71. The minimum absolute atomic E-state index is 0.0326. The van der Waals surface area contributed by atoms with E-state index in [2.05, 4.69) is 12.2 Å². The Bertz CT molecular complexity index is 213. The molecule has 0 bridgehead atoms. The molecular formula is C11H19NO2. The molecule has 2 fully saturated rings. The summed E-state index contributed by atoms with van der Waals surface area (Å²) in [5.41, 5.74) is 0. The van der Waals surface area contributed by atoms with Crippen LogP contribution < -0.4 is 5.32 Å². The molecular weight excluding hydrogens is 178 g/mol. The van der Waals surface area contributed by atoms with Gasteiger partial charge in [-0.05, 0) is 45.1 Å². The fraction of sp³-hybridized carbons (Fsp3) is 0.909. The van der Waals surface area contributed by atoms with E-state index in [-0.39, 0.29) is 11.9 Å². The lowest BCUT2D eigenvalue weighted by atomic mass is 9.93. The number of rotatable bonds is 3. The Labute approximate surface area is 85.2 Å². The van der Waals surface area contributed by atoms with Gasteiger partial charge in [-0.2, -0.15) is 0 Å². The molecule has 1 aliphatic heterocycles. The first-order valence-electron chi connectivity index (χ1n) is 5.65. The van der Waals surface area contributed by atoms with Crippen molar-refractivity contribution in [3.05, 3.63) is 0 Å². The highest BCUT2D eigenvalue weighted by atomic mass is 16.5. The van der Waals surface area contributed by atoms with Crippen LogP contribution in [-0.4, -0.2) is 25.2 Å². The second-order valence-corrected chi connectivity index (χ2v) is 4.65. The van der Waals surface area contributed by atoms with E-state index in [0.717, 1.165) is 19.4 Å². The molecule has 0 amide bonds. The van der Waals surface area contributed by atoms with Crippen LogP contribution in [0.5, 0.6) is 0 Å². The van der Waals surface area contributed by atoms with E-state index in [1.54, 1.807) is 0 Å². The minimum atomic E-state index is 0.0326. The number of ether oxygens (including phenoxy) is 1. The standard InChI is InChI=1S/C11H19NO2/c1-8-6-10(4-5-12-8)11(13)14-7-9-2-3-9/h8-10,12H,2-7H2,1H3. The van der Waals surface area contributed by atoms with Gasteiger partial charge in [-0.25, -0.2) is 0 Å². The fourth-order valence-corrected chi connectivity index (χ4v) is 1.95. The van der Waals surface area contributed by atoms with E-state index in [4.69, 9.17) is 4.74 Å². The molecule has 0 radical (unpaired) electrons. The predicted octanol–water partition coefficient (Wildman–Crippen LogP) is 1.33. The molecule has 2 atom stereocenters. The maximum atomic E-state index is 11.6. The summed E-state index contributed by atoms with van der Waals surface area (Å²) < 4.78 is 5.29. The van der Waals surface area contributed by atoms with Crippen LogP contribution in [0.1, 0.15) is 32.6 Å². The highest BCUT2D eigenvalue weighted by Crippen LogP contribution is 2.29. The second-order valence-electron chi connectivity index (χ2n) is 4.65. The van der Waals surface area contributed by atoms with E-state index in [0.29, 0.717) is 18.6 Å². The predicted molar refractivity (Wildman–Crippen MR) is 53.9 cm³/mol. The zero-order valence-corrected chi connectivity index (χ0v) is 8.79. The quantitative estimate of drug-likeness (QED) is 0.694. The van der Waals surface area contributed by atoms with Crippen molar-refractivity contribution in [2.24, 2.45) is 11.8 Å². The number of nitrogens with one attached hydrogen (secondary N) is 1. The van der Waals surface area contributed by atoms with Crippen LogP contribution in [0.15, 0.2) is 0 Å². The van der Waals surface area contributed by atoms with Gasteiger partial charge in [0.25, 0.3) is 0 Å². The molecule has 2 rings (SSSR count). The summed E-state index contributed by atoms with van der Waals surface area (Å²) in [6.45, 7) is 3.74. The average Bonchev–Trinajstić information content (AvgIpc) is 2.97. The van der Waals surface area contributed by atoms with Gasteiger partial charge < -0.3 is 10.1 Å². The molecule has 3 nitrogen and oxygen atoms in total. The van der Waals surface area contributed by atoms with E-state index >= 15 is 0 Å². The number of carbonyl (C=O) groups is 1. The van der Waals surface area contributed by atoms with Crippen molar-refractivity contribution < 1.29 is 9.53 Å². The molecule has 0 aromatic carbocycles. The SMILES string of the molecule is CC1CC(C(=O)OCC2CC2)CCN1. The van der Waals surface area contributed by atoms with Gasteiger partial charge in [0.2, 0.25) is 0 Å². The molecule has 1 heterocycles. The average molecular weight is 197 g/mol. The van der Waals surface area contributed by atoms with Crippen LogP contribution in [0.4, 0.5) is 0 Å². The van der Waals surface area contributed by atoms with Crippen molar-refractivity contribution in [3.8, 4) is 0 Å². The molecule has 0 aromatic rings. The maximum Gasteiger partial charge on any atom is 0.309 e. The van der Waals surface area contributed by atoms with Crippen LogP contribution >= 0.6 is 0 Å². The van der Waals surface area contributed by atoms with E-state index in [1.807, 2.05) is 0 Å². The Morgan fingerprint density at radius 2 is 2.21 bits per heavy atom. The number of carbonyl (C=O) groups excluding carboxylic acids is 1. The lowest BCUT2D eigenvalue weighted by molar-refractivity contribution is -0.150. The molecule has 1 N–H and O–H groups in total. The summed E-state index contributed by atoms with van der Waals surface area (Å²) in [6.07, 6.45) is 4.36. The van der Waals surface area contributed by atoms with Crippen molar-refractivity contribution in [1.82, 2.24) is 5.32 Å². The Kier molecular flexibility index (Phi) is 3.06. The summed E-state index contributed by atoms with van der Waals surface area (Å²) in [4.78, 5) is 11.6. The molecule has 1 aliphatic carbocycles. The molecule has 2 unspecified atom stereocenters. The lowest BCUT2D eigenvalue weighted by Gasteiger charge is -2.26. The molecule has 0 spiro atoms. The smallest absolute Gasteiger partial charge is 0.309 e. The summed E-state index contributed by atoms with van der Waals surface area (Å²) in [5, 5.41) is 3.34. The molecule has 80 valence electrons. The first-order valence-corrected chi connectivity index (χ1v) is 5.65. The molecule has 1 saturated carbocycles. The first-order chi connectivity index (χ1) is 6.75. The topological polar surface area (TPSA) is 38.3 Å². The van der Waals surface area contributed by atoms with Gasteiger partial charge in [0.15, 0.2) is 0 Å². The number of hydrogen-bond donors (Lipinski definition) is 1. The van der Waals surface area contributed by atoms with E-state index in [9.17, 15) is 4.79 Å². The largest absolute Gasteiger partial charge is 0.465 e. The molecule has 3 heteroatoms. The van der Waals surface area contributed by atoms with Crippen molar-refractivity contribution >= 4 is 5.97 Å². The summed E-state index contributed by atoms with van der Waals surface area (Å²) in [5.74, 6) is 0.855. The lowest BCUT2D eigenvalue weighted by Crippen LogP contribution is -2.39. The molecule has 2 aliphatic rings. The van der Waals surface area contributed by atoms with Crippen molar-refractivity contribution in [3.63, 3.8) is 0 Å². The highest BCUT2D eigenvalue weighted by molar-refractivity contribution is 5.72. The number of hydrogen-bond acceptors (Lipinski definition) is 3. The van der Waals surface area contributed by atoms with Gasteiger partial charge in [0.1, 0.15) is 0 Å². The Hall–Kier alpha value is -0.570. The van der Waals surface area contributed by atoms with Crippen LogP contribution in [0.2, 0.25) is 0 Å². The number of piperidine rings is 1. The Morgan fingerprint density at radius 3 is 2.86 bits per heavy atom. The first kappa shape index (κ1) is 9.97. The van der Waals surface area contributed by atoms with Crippen LogP contribution in [0, 0.1) is 11.8 Å². The van der Waals surface area contributed by atoms with Gasteiger partial charge >= 0.3 is 5.97 Å². The number of esters is 1. The zero-order chi connectivity index (χ0) is 9.97. The fourth-order valence-electron chi connectivity index (χ4n) is 1.95. The third kappa shape index (κ3) is 2.71. The Morgan fingerprint density at radius 1 is 1.43 bits per heavy atom.